The number of amides is 1. The summed E-state index contributed by atoms with van der Waals surface area (Å²) in [6, 6.07) is 3.18. The Morgan fingerprint density at radius 1 is 1.47 bits per heavy atom. The van der Waals surface area contributed by atoms with Crippen LogP contribution in [0.2, 0.25) is 0 Å². The van der Waals surface area contributed by atoms with Gasteiger partial charge in [0.25, 0.3) is 0 Å². The molecule has 0 aliphatic heterocycles. The average molecular weight is 268 g/mol. The SMILES string of the molecule is O=C(NNC(=S)Nc1nccs1)c1ccco1. The molecule has 2 rings (SSSR count). The molecule has 3 N–H and O–H groups in total. The van der Waals surface area contributed by atoms with Crippen molar-refractivity contribution in [1.29, 1.82) is 0 Å². The first-order valence-electron chi connectivity index (χ1n) is 4.56. The number of thiocarbonyl (C=S) groups is 1. The van der Waals surface area contributed by atoms with Crippen molar-refractivity contribution in [2.75, 3.05) is 5.32 Å². The van der Waals surface area contributed by atoms with E-state index in [-0.39, 0.29) is 10.9 Å². The lowest BCUT2D eigenvalue weighted by atomic mass is 10.4. The second-order valence-electron chi connectivity index (χ2n) is 2.85. The molecule has 0 aliphatic rings. The smallest absolute Gasteiger partial charge is 0.305 e. The molecule has 0 fully saturated rings. The number of rotatable bonds is 2. The Morgan fingerprint density at radius 3 is 3.00 bits per heavy atom. The summed E-state index contributed by atoms with van der Waals surface area (Å²) in [5.41, 5.74) is 4.92. The van der Waals surface area contributed by atoms with Crippen LogP contribution >= 0.6 is 23.6 Å². The third-order valence-electron chi connectivity index (χ3n) is 1.69. The average Bonchev–Trinajstić information content (AvgIpc) is 2.97. The van der Waals surface area contributed by atoms with Gasteiger partial charge in [0, 0.05) is 11.6 Å². The normalized spacial score (nSPS) is 9.65. The molecule has 0 radical (unpaired) electrons. The number of carbonyl (C=O) groups is 1. The summed E-state index contributed by atoms with van der Waals surface area (Å²) in [7, 11) is 0. The van der Waals surface area contributed by atoms with Crippen molar-refractivity contribution in [2.45, 2.75) is 0 Å². The van der Waals surface area contributed by atoms with Gasteiger partial charge in [-0.3, -0.25) is 15.6 Å². The van der Waals surface area contributed by atoms with Crippen LogP contribution < -0.4 is 16.2 Å². The van der Waals surface area contributed by atoms with E-state index < -0.39 is 5.91 Å². The zero-order valence-electron chi connectivity index (χ0n) is 8.47. The minimum Gasteiger partial charge on any atom is -0.459 e. The summed E-state index contributed by atoms with van der Waals surface area (Å²) in [4.78, 5) is 15.4. The number of anilines is 1. The Labute approximate surface area is 106 Å². The minimum absolute atomic E-state index is 0.203. The Bertz CT molecular complexity index is 495. The quantitative estimate of drug-likeness (QED) is 0.564. The molecule has 8 heteroatoms. The van der Waals surface area contributed by atoms with Gasteiger partial charge in [0.1, 0.15) is 0 Å². The van der Waals surface area contributed by atoms with Crippen LogP contribution in [-0.2, 0) is 0 Å². The Kier molecular flexibility index (Phi) is 3.68. The van der Waals surface area contributed by atoms with E-state index in [2.05, 4.69) is 21.2 Å². The zero-order valence-corrected chi connectivity index (χ0v) is 10.1. The number of hydrogen-bond acceptors (Lipinski definition) is 5. The van der Waals surface area contributed by atoms with E-state index in [9.17, 15) is 4.79 Å². The van der Waals surface area contributed by atoms with Gasteiger partial charge in [-0.15, -0.1) is 11.3 Å². The molecule has 2 heterocycles. The van der Waals surface area contributed by atoms with Crippen LogP contribution in [0.4, 0.5) is 5.13 Å². The second kappa shape index (κ2) is 5.41. The largest absolute Gasteiger partial charge is 0.459 e. The molecule has 0 saturated heterocycles. The molecule has 17 heavy (non-hydrogen) atoms. The van der Waals surface area contributed by atoms with Crippen molar-refractivity contribution in [3.63, 3.8) is 0 Å². The Hall–Kier alpha value is -1.93. The molecule has 0 spiro atoms. The predicted molar refractivity (Wildman–Crippen MR) is 67.6 cm³/mol. The molecule has 0 unspecified atom stereocenters. The van der Waals surface area contributed by atoms with E-state index >= 15 is 0 Å². The number of nitrogens with zero attached hydrogens (tertiary/aromatic N) is 1. The summed E-state index contributed by atoms with van der Waals surface area (Å²) in [6.07, 6.45) is 3.07. The lowest BCUT2D eigenvalue weighted by Gasteiger charge is -2.08. The molecule has 2 aromatic heterocycles. The molecule has 0 atom stereocenters. The van der Waals surface area contributed by atoms with Gasteiger partial charge in [0.2, 0.25) is 0 Å². The van der Waals surface area contributed by atoms with Crippen LogP contribution in [0.25, 0.3) is 0 Å². The van der Waals surface area contributed by atoms with Gasteiger partial charge < -0.3 is 9.73 Å². The van der Waals surface area contributed by atoms with Crippen molar-refractivity contribution in [3.8, 4) is 0 Å². The van der Waals surface area contributed by atoms with Crippen molar-refractivity contribution in [2.24, 2.45) is 0 Å². The summed E-state index contributed by atoms with van der Waals surface area (Å²) in [5.74, 6) is -0.201. The molecular formula is C9H8N4O2S2. The fourth-order valence-corrected chi connectivity index (χ4v) is 1.74. The lowest BCUT2D eigenvalue weighted by Crippen LogP contribution is -2.43. The molecule has 0 aliphatic carbocycles. The fourth-order valence-electron chi connectivity index (χ4n) is 0.996. The van der Waals surface area contributed by atoms with Crippen LogP contribution in [0.1, 0.15) is 10.6 Å². The van der Waals surface area contributed by atoms with Crippen LogP contribution in [0.15, 0.2) is 34.4 Å². The third-order valence-corrected chi connectivity index (χ3v) is 2.58. The highest BCUT2D eigenvalue weighted by molar-refractivity contribution is 7.80. The summed E-state index contributed by atoms with van der Waals surface area (Å²) >= 11 is 6.35. The maximum Gasteiger partial charge on any atom is 0.305 e. The van der Waals surface area contributed by atoms with Crippen LogP contribution in [0, 0.1) is 0 Å². The zero-order chi connectivity index (χ0) is 12.1. The fraction of sp³-hybridized carbons (Fsp3) is 0. The maximum absolute atomic E-state index is 11.4. The highest BCUT2D eigenvalue weighted by Gasteiger charge is 2.08. The van der Waals surface area contributed by atoms with Crippen molar-refractivity contribution >= 4 is 39.7 Å². The molecule has 6 nitrogen and oxygen atoms in total. The number of nitrogens with one attached hydrogen (secondary N) is 3. The highest BCUT2D eigenvalue weighted by Crippen LogP contribution is 2.09. The first-order chi connectivity index (χ1) is 8.25. The molecule has 0 bridgehead atoms. The van der Waals surface area contributed by atoms with Gasteiger partial charge in [-0.25, -0.2) is 4.98 Å². The van der Waals surface area contributed by atoms with Crippen molar-refractivity contribution in [1.82, 2.24) is 15.8 Å². The first kappa shape index (κ1) is 11.6. The topological polar surface area (TPSA) is 79.2 Å². The van der Waals surface area contributed by atoms with Crippen LogP contribution in [0.5, 0.6) is 0 Å². The number of hydrazine groups is 1. The summed E-state index contributed by atoms with van der Waals surface area (Å²) in [5, 5.41) is 5.51. The van der Waals surface area contributed by atoms with E-state index in [4.69, 9.17) is 16.6 Å². The maximum atomic E-state index is 11.4. The number of furan rings is 1. The summed E-state index contributed by atoms with van der Waals surface area (Å²) in [6.45, 7) is 0. The number of aromatic nitrogens is 1. The van der Waals surface area contributed by atoms with Crippen LogP contribution in [0.3, 0.4) is 0 Å². The van der Waals surface area contributed by atoms with E-state index in [0.29, 0.717) is 5.13 Å². The number of carbonyl (C=O) groups excluding carboxylic acids is 1. The first-order valence-corrected chi connectivity index (χ1v) is 5.85. The second-order valence-corrected chi connectivity index (χ2v) is 4.15. The molecule has 1 amide bonds. The van der Waals surface area contributed by atoms with Gasteiger partial charge in [-0.1, -0.05) is 0 Å². The minimum atomic E-state index is -0.404. The number of hydrogen-bond donors (Lipinski definition) is 3. The lowest BCUT2D eigenvalue weighted by molar-refractivity contribution is 0.0916. The molecule has 0 saturated carbocycles. The van der Waals surface area contributed by atoms with E-state index in [0.717, 1.165) is 0 Å². The van der Waals surface area contributed by atoms with Crippen molar-refractivity contribution in [3.05, 3.63) is 35.7 Å². The van der Waals surface area contributed by atoms with E-state index in [1.165, 1.54) is 17.6 Å². The molecular weight excluding hydrogens is 260 g/mol. The Morgan fingerprint density at radius 2 is 2.35 bits per heavy atom. The van der Waals surface area contributed by atoms with Gasteiger partial charge in [0.05, 0.1) is 6.26 Å². The van der Waals surface area contributed by atoms with E-state index in [1.54, 1.807) is 18.3 Å². The van der Waals surface area contributed by atoms with Crippen LogP contribution in [-0.4, -0.2) is 16.0 Å². The Balaban J connectivity index is 1.79. The highest BCUT2D eigenvalue weighted by atomic mass is 32.1. The van der Waals surface area contributed by atoms with Gasteiger partial charge in [-0.2, -0.15) is 0 Å². The molecule has 88 valence electrons. The molecule has 2 aromatic rings. The monoisotopic (exact) mass is 268 g/mol. The van der Waals surface area contributed by atoms with Gasteiger partial charge in [0.15, 0.2) is 16.0 Å². The number of thiazole rings is 1. The third kappa shape index (κ3) is 3.26. The van der Waals surface area contributed by atoms with E-state index in [1.807, 2.05) is 5.38 Å². The molecule has 0 aromatic carbocycles. The van der Waals surface area contributed by atoms with Gasteiger partial charge in [-0.05, 0) is 24.4 Å². The predicted octanol–water partition coefficient (Wildman–Crippen LogP) is 1.37. The summed E-state index contributed by atoms with van der Waals surface area (Å²) < 4.78 is 4.91. The standard InChI is InChI=1S/C9H8N4O2S2/c14-7(6-2-1-4-15-6)12-13-8(16)11-9-10-3-5-17-9/h1-5H,(H,12,14)(H2,10,11,13,16). The van der Waals surface area contributed by atoms with Crippen molar-refractivity contribution < 1.29 is 9.21 Å². The van der Waals surface area contributed by atoms with Gasteiger partial charge >= 0.3 is 5.91 Å².